The fourth-order valence-corrected chi connectivity index (χ4v) is 2.95. The molecule has 0 aliphatic carbocycles. The van der Waals surface area contributed by atoms with E-state index >= 15 is 0 Å². The molecule has 7 heteroatoms. The lowest BCUT2D eigenvalue weighted by Gasteiger charge is -2.18. The second-order valence-corrected chi connectivity index (χ2v) is 7.24. The molecule has 0 bridgehead atoms. The quantitative estimate of drug-likeness (QED) is 0.629. The lowest BCUT2D eigenvalue weighted by molar-refractivity contribution is -0.136. The van der Waals surface area contributed by atoms with Gasteiger partial charge in [-0.2, -0.15) is 8.42 Å². The SMILES string of the molecule is CC(C)C[C@@H](CN)CS(=O)(=O)OC(=O)[C@@H](N)C(C)C. The van der Waals surface area contributed by atoms with Crippen LogP contribution in [0.3, 0.4) is 0 Å². The Labute approximate surface area is 116 Å². The van der Waals surface area contributed by atoms with Gasteiger partial charge in [0, 0.05) is 0 Å². The zero-order valence-electron chi connectivity index (χ0n) is 12.1. The highest BCUT2D eigenvalue weighted by Gasteiger charge is 2.27. The third-order valence-corrected chi connectivity index (χ3v) is 4.08. The second kappa shape index (κ2) is 7.81. The Hall–Kier alpha value is -0.660. The molecule has 0 unspecified atom stereocenters. The summed E-state index contributed by atoms with van der Waals surface area (Å²) in [7, 11) is -3.93. The van der Waals surface area contributed by atoms with Gasteiger partial charge >= 0.3 is 16.1 Å². The summed E-state index contributed by atoms with van der Waals surface area (Å²) < 4.78 is 28.1. The summed E-state index contributed by atoms with van der Waals surface area (Å²) >= 11 is 0. The summed E-state index contributed by atoms with van der Waals surface area (Å²) in [5.74, 6) is -1.22. The fraction of sp³-hybridized carbons (Fsp3) is 0.917. The van der Waals surface area contributed by atoms with Crippen LogP contribution in [-0.2, 0) is 19.1 Å². The van der Waals surface area contributed by atoms with E-state index in [0.29, 0.717) is 12.3 Å². The van der Waals surface area contributed by atoms with Crippen LogP contribution in [0.25, 0.3) is 0 Å². The number of hydrogen-bond donors (Lipinski definition) is 2. The molecule has 0 aromatic heterocycles. The smallest absolute Gasteiger partial charge is 0.339 e. The van der Waals surface area contributed by atoms with Gasteiger partial charge in [-0.1, -0.05) is 27.7 Å². The molecule has 0 aromatic rings. The average Bonchev–Trinajstić information content (AvgIpc) is 2.24. The maximum atomic E-state index is 11.8. The van der Waals surface area contributed by atoms with Crippen molar-refractivity contribution in [3.8, 4) is 0 Å². The van der Waals surface area contributed by atoms with E-state index < -0.39 is 22.1 Å². The Balaban J connectivity index is 4.58. The van der Waals surface area contributed by atoms with Gasteiger partial charge in [0.2, 0.25) is 0 Å². The van der Waals surface area contributed by atoms with E-state index in [0.717, 1.165) is 0 Å². The van der Waals surface area contributed by atoms with E-state index in [-0.39, 0.29) is 24.1 Å². The van der Waals surface area contributed by atoms with Gasteiger partial charge in [0.25, 0.3) is 0 Å². The highest BCUT2D eigenvalue weighted by Crippen LogP contribution is 2.14. The monoisotopic (exact) mass is 294 g/mol. The first-order valence-corrected chi connectivity index (χ1v) is 8.08. The van der Waals surface area contributed by atoms with Crippen molar-refractivity contribution in [3.63, 3.8) is 0 Å². The molecular formula is C12H26N2O4S. The van der Waals surface area contributed by atoms with E-state index in [4.69, 9.17) is 11.5 Å². The van der Waals surface area contributed by atoms with Crippen molar-refractivity contribution in [2.24, 2.45) is 29.2 Å². The van der Waals surface area contributed by atoms with Crippen LogP contribution in [0, 0.1) is 17.8 Å². The zero-order chi connectivity index (χ0) is 15.2. The van der Waals surface area contributed by atoms with Crippen LogP contribution in [0.1, 0.15) is 34.1 Å². The first-order chi connectivity index (χ1) is 8.59. The normalized spacial score (nSPS) is 15.6. The molecule has 2 atom stereocenters. The van der Waals surface area contributed by atoms with Crippen LogP contribution in [-0.4, -0.2) is 32.7 Å². The zero-order valence-corrected chi connectivity index (χ0v) is 12.9. The number of carbonyl (C=O) groups excluding carboxylic acids is 1. The van der Waals surface area contributed by atoms with E-state index in [1.165, 1.54) is 0 Å². The molecule has 0 aliphatic heterocycles. The van der Waals surface area contributed by atoms with Gasteiger partial charge in [-0.15, -0.1) is 0 Å². The predicted molar refractivity (Wildman–Crippen MR) is 74.7 cm³/mol. The summed E-state index contributed by atoms with van der Waals surface area (Å²) in [5, 5.41) is 0. The van der Waals surface area contributed by atoms with Gasteiger partial charge in [-0.3, -0.25) is 0 Å². The minimum absolute atomic E-state index is 0.177. The van der Waals surface area contributed by atoms with Crippen LogP contribution >= 0.6 is 0 Å². The van der Waals surface area contributed by atoms with Gasteiger partial charge in [0.1, 0.15) is 6.04 Å². The lowest BCUT2D eigenvalue weighted by Crippen LogP contribution is -2.39. The van der Waals surface area contributed by atoms with E-state index in [2.05, 4.69) is 4.18 Å². The van der Waals surface area contributed by atoms with Gasteiger partial charge < -0.3 is 15.7 Å². The van der Waals surface area contributed by atoms with E-state index in [1.807, 2.05) is 13.8 Å². The molecule has 19 heavy (non-hydrogen) atoms. The summed E-state index contributed by atoms with van der Waals surface area (Å²) in [6.45, 7) is 7.65. The van der Waals surface area contributed by atoms with Crippen molar-refractivity contribution < 1.29 is 17.4 Å². The van der Waals surface area contributed by atoms with Crippen molar-refractivity contribution in [2.75, 3.05) is 12.3 Å². The maximum Gasteiger partial charge on any atom is 0.339 e. The molecule has 0 rings (SSSR count). The summed E-state index contributed by atoms with van der Waals surface area (Å²) in [5.41, 5.74) is 11.1. The van der Waals surface area contributed by atoms with Crippen molar-refractivity contribution in [3.05, 3.63) is 0 Å². The molecule has 0 radical (unpaired) electrons. The molecule has 0 heterocycles. The topological polar surface area (TPSA) is 112 Å². The largest absolute Gasteiger partial charge is 0.344 e. The fourth-order valence-electron chi connectivity index (χ4n) is 1.67. The molecule has 6 nitrogen and oxygen atoms in total. The van der Waals surface area contributed by atoms with E-state index in [1.54, 1.807) is 13.8 Å². The highest BCUT2D eigenvalue weighted by molar-refractivity contribution is 7.87. The molecule has 0 amide bonds. The molecular weight excluding hydrogens is 268 g/mol. The number of nitrogens with two attached hydrogens (primary N) is 2. The Bertz CT molecular complexity index is 379. The third kappa shape index (κ3) is 7.49. The van der Waals surface area contributed by atoms with E-state index in [9.17, 15) is 13.2 Å². The van der Waals surface area contributed by atoms with Crippen molar-refractivity contribution in [1.29, 1.82) is 0 Å². The molecule has 0 aromatic carbocycles. The van der Waals surface area contributed by atoms with Gasteiger partial charge in [-0.25, -0.2) is 4.79 Å². The van der Waals surface area contributed by atoms with Crippen molar-refractivity contribution in [1.82, 2.24) is 0 Å². The molecule has 0 fully saturated rings. The molecule has 0 saturated carbocycles. The Morgan fingerprint density at radius 2 is 1.74 bits per heavy atom. The predicted octanol–water partition coefficient (Wildman–Crippen LogP) is 0.464. The Morgan fingerprint density at radius 1 is 1.21 bits per heavy atom. The van der Waals surface area contributed by atoms with Crippen molar-refractivity contribution in [2.45, 2.75) is 40.2 Å². The minimum atomic E-state index is -3.93. The second-order valence-electron chi connectivity index (χ2n) is 5.63. The van der Waals surface area contributed by atoms with Crippen LogP contribution in [0.15, 0.2) is 0 Å². The molecule has 0 spiro atoms. The number of rotatable bonds is 8. The summed E-state index contributed by atoms with van der Waals surface area (Å²) in [4.78, 5) is 11.5. The first-order valence-electron chi connectivity index (χ1n) is 6.50. The molecule has 0 aliphatic rings. The highest BCUT2D eigenvalue weighted by atomic mass is 32.2. The van der Waals surface area contributed by atoms with Gasteiger partial charge in [0.15, 0.2) is 0 Å². The van der Waals surface area contributed by atoms with Crippen molar-refractivity contribution >= 4 is 16.1 Å². The number of hydrogen-bond acceptors (Lipinski definition) is 6. The Kier molecular flexibility index (Phi) is 7.54. The van der Waals surface area contributed by atoms with Crippen LogP contribution < -0.4 is 11.5 Å². The first kappa shape index (κ1) is 18.3. The van der Waals surface area contributed by atoms with Crippen LogP contribution in [0.4, 0.5) is 0 Å². The molecule has 114 valence electrons. The van der Waals surface area contributed by atoms with Crippen LogP contribution in [0.2, 0.25) is 0 Å². The minimum Gasteiger partial charge on any atom is -0.344 e. The maximum absolute atomic E-state index is 11.8. The Morgan fingerprint density at radius 3 is 2.11 bits per heavy atom. The number of carbonyl (C=O) groups is 1. The van der Waals surface area contributed by atoms with Gasteiger partial charge in [0.05, 0.1) is 5.75 Å². The third-order valence-electron chi connectivity index (χ3n) is 2.78. The van der Waals surface area contributed by atoms with Gasteiger partial charge in [-0.05, 0) is 30.7 Å². The summed E-state index contributed by atoms with van der Waals surface area (Å²) in [6.07, 6.45) is 0.670. The lowest BCUT2D eigenvalue weighted by atomic mass is 9.99. The van der Waals surface area contributed by atoms with Crippen LogP contribution in [0.5, 0.6) is 0 Å². The summed E-state index contributed by atoms with van der Waals surface area (Å²) in [6, 6.07) is -0.934. The molecule has 4 N–H and O–H groups in total. The molecule has 0 saturated heterocycles. The standard InChI is InChI=1S/C12H26N2O4S/c1-8(2)5-10(6-13)7-19(16,17)18-12(15)11(14)9(3)4/h8-11H,5-7,13-14H2,1-4H3/t10-,11-/m0/s1. The average molecular weight is 294 g/mol.